The van der Waals surface area contributed by atoms with Gasteiger partial charge in [-0.15, -0.1) is 22.7 Å². The number of benzene rings is 4. The van der Waals surface area contributed by atoms with Crippen LogP contribution in [-0.4, -0.2) is 183 Å². The molecule has 534 valence electrons. The Balaban J connectivity index is 0.000000173. The minimum atomic E-state index is -1.19. The summed E-state index contributed by atoms with van der Waals surface area (Å²) in [6, 6.07) is 24.1. The molecule has 2 amide bonds. The van der Waals surface area contributed by atoms with Gasteiger partial charge in [0.2, 0.25) is 0 Å². The number of rotatable bonds is 15. The molecule has 4 aromatic carbocycles. The van der Waals surface area contributed by atoms with Crippen LogP contribution in [0.25, 0.3) is 86.3 Å². The highest BCUT2D eigenvalue weighted by Crippen LogP contribution is 2.48. The van der Waals surface area contributed by atoms with E-state index in [9.17, 15) is 29.4 Å². The van der Waals surface area contributed by atoms with Crippen molar-refractivity contribution in [1.29, 1.82) is 0 Å². The first-order chi connectivity index (χ1) is 48.7. The molecule has 26 heteroatoms. The molecule has 4 saturated heterocycles. The van der Waals surface area contributed by atoms with Crippen molar-refractivity contribution < 1.29 is 48.3 Å². The number of thiazole rings is 2. The van der Waals surface area contributed by atoms with Gasteiger partial charge in [0.1, 0.15) is 26.7 Å². The van der Waals surface area contributed by atoms with Crippen molar-refractivity contribution in [3.63, 3.8) is 0 Å². The highest BCUT2D eigenvalue weighted by Gasteiger charge is 2.41. The first kappa shape index (κ1) is 70.8. The van der Waals surface area contributed by atoms with Crippen molar-refractivity contribution in [2.75, 3.05) is 66.6 Å². The standard InChI is InChI=1S/C39H43ClN6O5S.C37H41ClN6O5S/c1-21-18-28-35(31(22-6-8-24(40)9-7-22)30(21)34(37(47)48)51-39(2,3)4)52-36(42-28)27-12-13-29-33(41-27)32(43-46(29)25-10-11-25)23-14-16-44(17-15-23)26-19-45(20-26)38(49)50-5;1-20-15-26-32(29(22-7-9-23(38)10-8-22)28(20)31(35(45)46)49-37(2,3)4)50-34(41-26)27-16-39-33-30(40-27)25(19-42(33)5)21-11-13-43(14-12-21)24-17-44(18-24)36(47)48-6/h6-9,12-13,18,23,25-26,34H,10-11,14-17,19-20H2,1-5H3,(H,47,48);7-10,15-16,19,21,24,31H,11-14,17-18H2,1-6H3,(H,45,46)/t34-;31-/m00/s1. The summed E-state index contributed by atoms with van der Waals surface area (Å²) in [5.74, 6) is -1.49. The van der Waals surface area contributed by atoms with Gasteiger partial charge >= 0.3 is 24.1 Å². The highest BCUT2D eigenvalue weighted by molar-refractivity contribution is 7.22. The maximum Gasteiger partial charge on any atom is 0.409 e. The van der Waals surface area contributed by atoms with Crippen molar-refractivity contribution >= 4 is 113 Å². The smallest absolute Gasteiger partial charge is 0.409 e. The van der Waals surface area contributed by atoms with Crippen molar-refractivity contribution in [2.45, 2.75) is 147 Å². The molecule has 15 rings (SSSR count). The lowest BCUT2D eigenvalue weighted by Gasteiger charge is -2.46. The molecule has 2 N–H and O–H groups in total. The third-order valence-electron chi connectivity index (χ3n) is 20.1. The maximum atomic E-state index is 12.8. The normalized spacial score (nSPS) is 17.6. The Labute approximate surface area is 609 Å². The van der Waals surface area contributed by atoms with Gasteiger partial charge in [-0.05, 0) is 197 Å². The van der Waals surface area contributed by atoms with Crippen molar-refractivity contribution in [3.8, 4) is 43.7 Å². The molecule has 4 aliphatic heterocycles. The lowest BCUT2D eigenvalue weighted by atomic mass is 9.89. The fraction of sp³-hybridized carbons (Fsp3) is 0.447. The molecule has 22 nitrogen and oxygen atoms in total. The molecular formula is C76H84Cl2N12O10S2. The summed E-state index contributed by atoms with van der Waals surface area (Å²) in [6.45, 7) is 21.6. The Morgan fingerprint density at radius 2 is 1.03 bits per heavy atom. The van der Waals surface area contributed by atoms with E-state index in [0.29, 0.717) is 82.1 Å². The number of hydrogen-bond donors (Lipinski definition) is 2. The SMILES string of the molecule is COC(=O)N1CC(N2CCC(c3cn(C)c4ncc(-c5nc6cc(C)c([C@H](OC(C)(C)C)C(=O)O)c(-c7ccc(Cl)cc7)c6s5)nc34)CC2)C1.COC(=O)N1CC(N2CCC(c3nn(C4CC4)c4ccc(-c5nc6cc(C)c([C@H](OC(C)(C)C)C(=O)O)c(-c7ccc(Cl)cc7)c6s5)nc34)CC2)C1. The Kier molecular flexibility index (Phi) is 19.5. The van der Waals surface area contributed by atoms with Crippen molar-refractivity contribution in [1.82, 2.24) is 58.9 Å². The van der Waals surface area contributed by atoms with Crippen LogP contribution in [0.1, 0.15) is 144 Å². The number of hydrogen-bond acceptors (Lipinski definition) is 18. The molecule has 6 aromatic heterocycles. The third kappa shape index (κ3) is 14.2. The van der Waals surface area contributed by atoms with Crippen LogP contribution >= 0.6 is 45.9 Å². The molecule has 2 atom stereocenters. The Morgan fingerprint density at radius 3 is 1.47 bits per heavy atom. The van der Waals surface area contributed by atoms with Gasteiger partial charge in [0.15, 0.2) is 17.9 Å². The van der Waals surface area contributed by atoms with Gasteiger partial charge in [0.25, 0.3) is 0 Å². The predicted octanol–water partition coefficient (Wildman–Crippen LogP) is 15.7. The number of methoxy groups -OCH3 is 2. The Morgan fingerprint density at radius 1 is 0.578 bits per heavy atom. The summed E-state index contributed by atoms with van der Waals surface area (Å²) in [5.41, 5.74) is 13.5. The number of ether oxygens (including phenoxy) is 4. The number of aryl methyl sites for hydroxylation is 3. The maximum absolute atomic E-state index is 12.8. The number of halogens is 2. The largest absolute Gasteiger partial charge is 0.479 e. The molecule has 0 spiro atoms. The van der Waals surface area contributed by atoms with Gasteiger partial charge in [-0.1, -0.05) is 47.5 Å². The molecule has 0 unspecified atom stereocenters. The molecule has 5 aliphatic rings. The van der Waals surface area contributed by atoms with Crippen LogP contribution in [0.3, 0.4) is 0 Å². The van der Waals surface area contributed by atoms with Crippen LogP contribution in [0.5, 0.6) is 0 Å². The second kappa shape index (κ2) is 28.1. The topological polar surface area (TPSA) is 246 Å². The fourth-order valence-electron chi connectivity index (χ4n) is 14.9. The summed E-state index contributed by atoms with van der Waals surface area (Å²) < 4.78 is 28.0. The molecule has 0 radical (unpaired) electrons. The number of carbonyl (C=O) groups is 4. The number of carboxylic acids is 2. The molecule has 5 fully saturated rings. The zero-order chi connectivity index (χ0) is 72.0. The van der Waals surface area contributed by atoms with Gasteiger partial charge in [0.05, 0.1) is 75.0 Å². The van der Waals surface area contributed by atoms with E-state index in [2.05, 4.69) is 26.7 Å². The van der Waals surface area contributed by atoms with Crippen LogP contribution in [-0.2, 0) is 35.6 Å². The fourth-order valence-corrected chi connectivity index (χ4v) is 17.4. The minimum absolute atomic E-state index is 0.256. The minimum Gasteiger partial charge on any atom is -0.479 e. The van der Waals surface area contributed by atoms with Gasteiger partial charge < -0.3 is 43.5 Å². The molecule has 102 heavy (non-hydrogen) atoms. The number of nitrogens with zero attached hydrogens (tertiary/aromatic N) is 12. The second-order valence-electron chi connectivity index (χ2n) is 29.5. The molecule has 1 aliphatic carbocycles. The second-order valence-corrected chi connectivity index (χ2v) is 32.4. The highest BCUT2D eigenvalue weighted by atomic mass is 35.5. The number of carboxylic acid groups (broad SMARTS) is 2. The van der Waals surface area contributed by atoms with Crippen LogP contribution in [0.2, 0.25) is 10.0 Å². The summed E-state index contributed by atoms with van der Waals surface area (Å²) >= 11 is 15.6. The predicted molar refractivity (Wildman–Crippen MR) is 397 cm³/mol. The van der Waals surface area contributed by atoms with Crippen LogP contribution < -0.4 is 0 Å². The summed E-state index contributed by atoms with van der Waals surface area (Å²) in [5, 5.41) is 28.7. The molecule has 10 aromatic rings. The Bertz CT molecular complexity index is 4880. The molecule has 1 saturated carbocycles. The molecular weight excluding hydrogens is 1380 g/mol. The van der Waals surface area contributed by atoms with Crippen LogP contribution in [0.15, 0.2) is 85.2 Å². The van der Waals surface area contributed by atoms with Gasteiger partial charge in [-0.2, -0.15) is 5.10 Å². The first-order valence-electron chi connectivity index (χ1n) is 34.8. The zero-order valence-corrected chi connectivity index (χ0v) is 62.3. The quantitative estimate of drug-likeness (QED) is 0.0968. The number of piperidine rings is 2. The number of likely N-dealkylation sites (tertiary alicyclic amines) is 4. The number of aromatic nitrogens is 8. The summed E-state index contributed by atoms with van der Waals surface area (Å²) in [7, 11) is 4.86. The van der Waals surface area contributed by atoms with E-state index in [1.807, 2.05) is 122 Å². The van der Waals surface area contributed by atoms with Gasteiger partial charge in [-0.3, -0.25) is 14.5 Å². The zero-order valence-electron chi connectivity index (χ0n) is 59.1. The lowest BCUT2D eigenvalue weighted by molar-refractivity contribution is -0.161. The van der Waals surface area contributed by atoms with Crippen LogP contribution in [0.4, 0.5) is 9.59 Å². The van der Waals surface area contributed by atoms with E-state index in [1.54, 1.807) is 28.1 Å². The van der Waals surface area contributed by atoms with E-state index in [1.165, 1.54) is 42.5 Å². The van der Waals surface area contributed by atoms with Crippen molar-refractivity contribution in [2.24, 2.45) is 7.05 Å². The number of amides is 2. The van der Waals surface area contributed by atoms with Gasteiger partial charge in [-0.25, -0.2) is 44.1 Å². The molecule has 0 bridgehead atoms. The monoisotopic (exact) mass is 1460 g/mol. The van der Waals surface area contributed by atoms with E-state index in [0.717, 1.165) is 157 Å². The van der Waals surface area contributed by atoms with Gasteiger partial charge in [0, 0.05) is 95.3 Å². The number of aliphatic carboxylic acids is 2. The first-order valence-corrected chi connectivity index (χ1v) is 37.2. The number of carbonyl (C=O) groups excluding carboxylic acids is 2. The average molecular weight is 1460 g/mol. The van der Waals surface area contributed by atoms with E-state index >= 15 is 0 Å². The number of fused-ring (bicyclic) bond motifs is 4. The molecule has 10 heterocycles. The van der Waals surface area contributed by atoms with Crippen molar-refractivity contribution in [3.05, 3.63) is 129 Å². The summed E-state index contributed by atoms with van der Waals surface area (Å²) in [4.78, 5) is 83.2. The van der Waals surface area contributed by atoms with Crippen LogP contribution in [0, 0.1) is 13.8 Å². The average Bonchev–Trinajstić information content (AvgIpc) is 1.51. The third-order valence-corrected chi connectivity index (χ3v) is 22.9. The Hall–Kier alpha value is -8.20. The van der Waals surface area contributed by atoms with E-state index < -0.39 is 35.3 Å². The number of pyridine rings is 1. The summed E-state index contributed by atoms with van der Waals surface area (Å²) in [6.07, 6.45) is 7.23. The van der Waals surface area contributed by atoms with E-state index in [-0.39, 0.29) is 18.1 Å². The van der Waals surface area contributed by atoms with E-state index in [4.69, 9.17) is 72.2 Å². The lowest BCUT2D eigenvalue weighted by Crippen LogP contribution is -2.62.